The van der Waals surface area contributed by atoms with Crippen molar-refractivity contribution in [2.45, 2.75) is 51.6 Å². The van der Waals surface area contributed by atoms with E-state index in [-0.39, 0.29) is 24.3 Å². The highest BCUT2D eigenvalue weighted by Crippen LogP contribution is 2.17. The molecule has 7 nitrogen and oxygen atoms in total. The van der Waals surface area contributed by atoms with Crippen molar-refractivity contribution in [3.63, 3.8) is 0 Å². The molecule has 1 aliphatic carbocycles. The van der Waals surface area contributed by atoms with Crippen LogP contribution in [0.3, 0.4) is 0 Å². The van der Waals surface area contributed by atoms with Gasteiger partial charge in [-0.2, -0.15) is 0 Å². The minimum atomic E-state index is -0.520. The van der Waals surface area contributed by atoms with Gasteiger partial charge in [-0.15, -0.1) is 4.68 Å². The minimum absolute atomic E-state index is 0.0966. The molecule has 7 heteroatoms. The summed E-state index contributed by atoms with van der Waals surface area (Å²) in [5.74, 6) is -0.352. The lowest BCUT2D eigenvalue weighted by atomic mass is 9.95. The Morgan fingerprint density at radius 3 is 2.84 bits per heavy atom. The molecule has 1 N–H and O–H groups in total. The fraction of sp³-hybridized carbons (Fsp3) is 0.667. The molecule has 1 aliphatic rings. The van der Waals surface area contributed by atoms with Crippen LogP contribution in [0.2, 0.25) is 0 Å². The number of rotatable bonds is 4. The Hall–Kier alpha value is -1.92. The highest BCUT2D eigenvalue weighted by Gasteiger charge is 2.21. The maximum Gasteiger partial charge on any atom is 0.345 e. The average molecular weight is 266 g/mol. The molecule has 1 aromatic heterocycles. The zero-order chi connectivity index (χ0) is 13.8. The average Bonchev–Trinajstić information content (AvgIpc) is 2.71. The number of hydrogen-bond donors (Lipinski definition) is 1. The van der Waals surface area contributed by atoms with E-state index in [0.29, 0.717) is 5.69 Å². The third-order valence-electron chi connectivity index (χ3n) is 3.33. The Kier molecular flexibility index (Phi) is 4.13. The zero-order valence-corrected chi connectivity index (χ0v) is 11.0. The molecule has 0 radical (unpaired) electrons. The van der Waals surface area contributed by atoms with Crippen LogP contribution in [-0.2, 0) is 11.3 Å². The van der Waals surface area contributed by atoms with Crippen LogP contribution in [0.15, 0.2) is 6.07 Å². The second-order valence-corrected chi connectivity index (χ2v) is 4.96. The number of nitro groups is 1. The van der Waals surface area contributed by atoms with E-state index in [0.717, 1.165) is 30.4 Å². The Morgan fingerprint density at radius 2 is 2.21 bits per heavy atom. The van der Waals surface area contributed by atoms with Crippen LogP contribution in [0.4, 0.5) is 5.82 Å². The third kappa shape index (κ3) is 3.52. The maximum absolute atomic E-state index is 11.9. The van der Waals surface area contributed by atoms with E-state index in [1.807, 2.05) is 0 Å². The second-order valence-electron chi connectivity index (χ2n) is 4.96. The Balaban J connectivity index is 1.96. The summed E-state index contributed by atoms with van der Waals surface area (Å²) in [6, 6.07) is 1.57. The SMILES string of the molecule is Cc1cc([N+](=O)[O-])n(CC(=O)NC2CCCCC2)n1. The summed E-state index contributed by atoms with van der Waals surface area (Å²) >= 11 is 0. The quantitative estimate of drug-likeness (QED) is 0.661. The lowest BCUT2D eigenvalue weighted by molar-refractivity contribution is -0.392. The molecule has 0 aromatic carbocycles. The predicted molar refractivity (Wildman–Crippen MR) is 68.6 cm³/mol. The van der Waals surface area contributed by atoms with E-state index < -0.39 is 4.92 Å². The molecule has 1 amide bonds. The third-order valence-corrected chi connectivity index (χ3v) is 3.33. The Bertz CT molecular complexity index is 477. The second kappa shape index (κ2) is 5.81. The molecular weight excluding hydrogens is 248 g/mol. The van der Waals surface area contributed by atoms with Crippen molar-refractivity contribution in [2.24, 2.45) is 0 Å². The van der Waals surface area contributed by atoms with Crippen LogP contribution in [0.25, 0.3) is 0 Å². The van der Waals surface area contributed by atoms with Crippen molar-refractivity contribution in [3.8, 4) is 0 Å². The van der Waals surface area contributed by atoms with Gasteiger partial charge in [0.1, 0.15) is 0 Å². The lowest BCUT2D eigenvalue weighted by Crippen LogP contribution is -2.38. The first kappa shape index (κ1) is 13.5. The van der Waals surface area contributed by atoms with Crippen LogP contribution in [0.1, 0.15) is 37.8 Å². The van der Waals surface area contributed by atoms with Crippen molar-refractivity contribution in [1.82, 2.24) is 15.1 Å². The maximum atomic E-state index is 11.9. The summed E-state index contributed by atoms with van der Waals surface area (Å²) in [5.41, 5.74) is 0.539. The number of carbonyl (C=O) groups excluding carboxylic acids is 1. The lowest BCUT2D eigenvalue weighted by Gasteiger charge is -2.22. The molecular formula is C12H18N4O3. The molecule has 2 rings (SSSR count). The molecule has 1 fully saturated rings. The molecule has 19 heavy (non-hydrogen) atoms. The molecule has 0 saturated heterocycles. The number of aromatic nitrogens is 2. The highest BCUT2D eigenvalue weighted by atomic mass is 16.6. The van der Waals surface area contributed by atoms with Gasteiger partial charge in [0.2, 0.25) is 0 Å². The van der Waals surface area contributed by atoms with Crippen LogP contribution < -0.4 is 5.32 Å². The molecule has 1 saturated carbocycles. The molecule has 1 aromatic rings. The van der Waals surface area contributed by atoms with Gasteiger partial charge in [-0.3, -0.25) is 4.79 Å². The number of hydrogen-bond acceptors (Lipinski definition) is 4. The Morgan fingerprint density at radius 1 is 1.53 bits per heavy atom. The summed E-state index contributed by atoms with van der Waals surface area (Å²) in [4.78, 5) is 22.2. The van der Waals surface area contributed by atoms with Crippen LogP contribution in [0, 0.1) is 17.0 Å². The number of amides is 1. The topological polar surface area (TPSA) is 90.1 Å². The van der Waals surface area contributed by atoms with Crippen molar-refractivity contribution >= 4 is 11.7 Å². The van der Waals surface area contributed by atoms with Gasteiger partial charge in [0.25, 0.3) is 5.91 Å². The number of aryl methyl sites for hydroxylation is 1. The van der Waals surface area contributed by atoms with Gasteiger partial charge in [0, 0.05) is 6.04 Å². The fourth-order valence-corrected chi connectivity index (χ4v) is 2.45. The minimum Gasteiger partial charge on any atom is -0.358 e. The van der Waals surface area contributed by atoms with E-state index in [1.54, 1.807) is 6.92 Å². The first-order valence-electron chi connectivity index (χ1n) is 6.54. The smallest absolute Gasteiger partial charge is 0.345 e. The number of carbonyl (C=O) groups is 1. The fourth-order valence-electron chi connectivity index (χ4n) is 2.45. The first-order chi connectivity index (χ1) is 9.06. The number of nitrogens with zero attached hydrogens (tertiary/aromatic N) is 3. The largest absolute Gasteiger partial charge is 0.358 e. The Labute approximate surface area is 111 Å². The first-order valence-corrected chi connectivity index (χ1v) is 6.54. The van der Waals surface area contributed by atoms with Crippen LogP contribution >= 0.6 is 0 Å². The van der Waals surface area contributed by atoms with Gasteiger partial charge in [0.05, 0.1) is 11.8 Å². The highest BCUT2D eigenvalue weighted by molar-refractivity contribution is 5.76. The van der Waals surface area contributed by atoms with Gasteiger partial charge in [-0.1, -0.05) is 24.4 Å². The normalized spacial score (nSPS) is 16.3. The molecule has 104 valence electrons. The molecule has 1 heterocycles. The van der Waals surface area contributed by atoms with Crippen LogP contribution in [-0.4, -0.2) is 26.7 Å². The van der Waals surface area contributed by atoms with E-state index in [9.17, 15) is 14.9 Å². The van der Waals surface area contributed by atoms with Crippen molar-refractivity contribution in [3.05, 3.63) is 21.9 Å². The molecule has 0 bridgehead atoms. The van der Waals surface area contributed by atoms with E-state index in [1.165, 1.54) is 12.5 Å². The molecule has 0 unspecified atom stereocenters. The molecule has 0 atom stereocenters. The zero-order valence-electron chi connectivity index (χ0n) is 11.0. The van der Waals surface area contributed by atoms with Crippen molar-refractivity contribution in [1.29, 1.82) is 0 Å². The van der Waals surface area contributed by atoms with Gasteiger partial charge < -0.3 is 15.4 Å². The molecule has 0 aliphatic heterocycles. The summed E-state index contributed by atoms with van der Waals surface area (Å²) < 4.78 is 1.15. The van der Waals surface area contributed by atoms with Crippen LogP contribution in [0.5, 0.6) is 0 Å². The van der Waals surface area contributed by atoms with Gasteiger partial charge in [0.15, 0.2) is 6.54 Å². The predicted octanol–water partition coefficient (Wildman–Crippen LogP) is 1.55. The summed E-state index contributed by atoms with van der Waals surface area (Å²) in [6.07, 6.45) is 5.46. The van der Waals surface area contributed by atoms with E-state index >= 15 is 0 Å². The van der Waals surface area contributed by atoms with Gasteiger partial charge >= 0.3 is 5.82 Å². The van der Waals surface area contributed by atoms with E-state index in [2.05, 4.69) is 10.4 Å². The summed E-state index contributed by atoms with van der Waals surface area (Å²) in [6.45, 7) is 1.57. The van der Waals surface area contributed by atoms with Gasteiger partial charge in [-0.05, 0) is 24.7 Å². The van der Waals surface area contributed by atoms with Gasteiger partial charge in [-0.25, -0.2) is 0 Å². The summed E-state index contributed by atoms with van der Waals surface area (Å²) in [7, 11) is 0. The standard InChI is InChI=1S/C12H18N4O3/c1-9-7-12(16(18)19)15(14-9)8-11(17)13-10-5-3-2-4-6-10/h7,10H,2-6,8H2,1H3,(H,13,17). The van der Waals surface area contributed by atoms with Crippen molar-refractivity contribution < 1.29 is 9.72 Å². The van der Waals surface area contributed by atoms with E-state index in [4.69, 9.17) is 0 Å². The van der Waals surface area contributed by atoms with Crippen molar-refractivity contribution in [2.75, 3.05) is 0 Å². The molecule has 0 spiro atoms. The number of nitrogens with one attached hydrogen (secondary N) is 1. The summed E-state index contributed by atoms with van der Waals surface area (Å²) in [5, 5.41) is 17.7. The monoisotopic (exact) mass is 266 g/mol.